The number of halogens is 2. The second-order valence-electron chi connectivity index (χ2n) is 4.02. The number of nitrogens with zero attached hydrogens (tertiary/aromatic N) is 2. The van der Waals surface area contributed by atoms with E-state index < -0.39 is 0 Å². The Morgan fingerprint density at radius 3 is 1.45 bits per heavy atom. The van der Waals surface area contributed by atoms with Gasteiger partial charge in [-0.15, -0.1) is 10.2 Å². The van der Waals surface area contributed by atoms with Gasteiger partial charge in [-0.2, -0.15) is 0 Å². The molecule has 8 heteroatoms. The zero-order valence-corrected chi connectivity index (χ0v) is 13.1. The summed E-state index contributed by atoms with van der Waals surface area (Å²) in [5, 5.41) is 9.24. The molecule has 0 aliphatic heterocycles. The first-order valence-corrected chi connectivity index (χ1v) is 6.72. The van der Waals surface area contributed by atoms with Crippen LogP contribution in [0.25, 0.3) is 22.9 Å². The molecule has 0 radical (unpaired) electrons. The Kier molecular flexibility index (Phi) is 4.95. The van der Waals surface area contributed by atoms with Gasteiger partial charge in [-0.05, 0) is 0 Å². The van der Waals surface area contributed by atoms with Crippen LogP contribution in [0.4, 0.5) is 0 Å². The van der Waals surface area contributed by atoms with Crippen LogP contribution in [-0.2, 0) is 9.59 Å². The highest BCUT2D eigenvalue weighted by Gasteiger charge is 2.21. The molecule has 1 aromatic heterocycles. The maximum atomic E-state index is 10.8. The molecule has 2 aromatic rings. The number of hydrogen-bond donors (Lipinski definition) is 0. The van der Waals surface area contributed by atoms with Gasteiger partial charge in [0.2, 0.25) is 0 Å². The first-order valence-electron chi connectivity index (χ1n) is 5.97. The smallest absolute Gasteiger partial charge is 0.149 e. The van der Waals surface area contributed by atoms with Gasteiger partial charge in [0.25, 0.3) is 0 Å². The van der Waals surface area contributed by atoms with Gasteiger partial charge in [0.1, 0.15) is 44.8 Å². The zero-order chi connectivity index (χ0) is 16.3. The van der Waals surface area contributed by atoms with Gasteiger partial charge in [0.05, 0.1) is 25.0 Å². The van der Waals surface area contributed by atoms with Crippen molar-refractivity contribution in [1.29, 1.82) is 0 Å². The van der Waals surface area contributed by atoms with Crippen molar-refractivity contribution < 1.29 is 19.1 Å². The molecule has 0 spiro atoms. The Morgan fingerprint density at radius 2 is 1.18 bits per heavy atom. The maximum Gasteiger partial charge on any atom is 0.149 e. The predicted molar refractivity (Wildman–Crippen MR) is 83.0 cm³/mol. The van der Waals surface area contributed by atoms with E-state index >= 15 is 0 Å². The largest absolute Gasteiger partial charge is 0.494 e. The molecular formula is C14H10Cl2N2O4. The molecule has 114 valence electrons. The number of ether oxygens (including phenoxy) is 2. The van der Waals surface area contributed by atoms with Crippen molar-refractivity contribution in [3.05, 3.63) is 20.7 Å². The normalized spacial score (nSPS) is 12.5. The van der Waals surface area contributed by atoms with Crippen LogP contribution in [0.3, 0.4) is 0 Å². The standard InChI is InChI=1S/C14H10Cl2N2O4/c1-21-13-9-7(3-5-19)17-18-8(4-6-20)10(9)14(22-2)12(16)11(13)15/h3-6H,1-2H3/b7-3-,8-4+. The first kappa shape index (κ1) is 16.2. The summed E-state index contributed by atoms with van der Waals surface area (Å²) in [6.45, 7) is 0. The summed E-state index contributed by atoms with van der Waals surface area (Å²) >= 11 is 12.4. The number of aldehydes is 2. The molecule has 0 bridgehead atoms. The van der Waals surface area contributed by atoms with Crippen LogP contribution in [0.1, 0.15) is 0 Å². The fourth-order valence-corrected chi connectivity index (χ4v) is 2.60. The van der Waals surface area contributed by atoms with Gasteiger partial charge in [-0.1, -0.05) is 23.2 Å². The summed E-state index contributed by atoms with van der Waals surface area (Å²) in [5.74, 6) is 0.428. The van der Waals surface area contributed by atoms with E-state index in [1.165, 1.54) is 26.4 Å². The van der Waals surface area contributed by atoms with Gasteiger partial charge in [0.15, 0.2) is 0 Å². The number of hydrogen-bond acceptors (Lipinski definition) is 6. The highest BCUT2D eigenvalue weighted by Crippen LogP contribution is 2.43. The fourth-order valence-electron chi connectivity index (χ4n) is 2.09. The number of methoxy groups -OCH3 is 2. The van der Waals surface area contributed by atoms with Crippen LogP contribution < -0.4 is 20.2 Å². The van der Waals surface area contributed by atoms with Crippen LogP contribution in [0.15, 0.2) is 0 Å². The minimum atomic E-state index is 0.110. The van der Waals surface area contributed by atoms with Gasteiger partial charge in [-0.3, -0.25) is 9.59 Å². The van der Waals surface area contributed by atoms with Crippen molar-refractivity contribution in [2.45, 2.75) is 0 Å². The van der Waals surface area contributed by atoms with Crippen LogP contribution in [0, 0.1) is 0 Å². The molecule has 2 rings (SSSR count). The summed E-state index contributed by atoms with van der Waals surface area (Å²) in [6.07, 6.45) is 3.51. The number of fused-ring (bicyclic) bond motifs is 1. The third kappa shape index (κ3) is 2.51. The number of benzene rings is 1. The van der Waals surface area contributed by atoms with Crippen LogP contribution >= 0.6 is 23.2 Å². The Bertz CT molecular complexity index is 809. The molecule has 0 fully saturated rings. The van der Waals surface area contributed by atoms with Gasteiger partial charge >= 0.3 is 0 Å². The van der Waals surface area contributed by atoms with E-state index in [1.807, 2.05) is 0 Å². The maximum absolute atomic E-state index is 10.8. The molecule has 0 unspecified atom stereocenters. The van der Waals surface area contributed by atoms with Crippen LogP contribution in [-0.4, -0.2) is 37.0 Å². The molecule has 1 heterocycles. The van der Waals surface area contributed by atoms with Crippen LogP contribution in [0.5, 0.6) is 11.5 Å². The number of rotatable bonds is 4. The minimum Gasteiger partial charge on any atom is -0.494 e. The molecule has 0 atom stereocenters. The summed E-state index contributed by atoms with van der Waals surface area (Å²) in [5.41, 5.74) is 0. The molecule has 0 aliphatic carbocycles. The van der Waals surface area contributed by atoms with E-state index in [9.17, 15) is 9.59 Å². The zero-order valence-electron chi connectivity index (χ0n) is 11.6. The number of carbonyl (C=O) groups is 2. The Balaban J connectivity index is 3.28. The monoisotopic (exact) mass is 340 g/mol. The van der Waals surface area contributed by atoms with Crippen molar-refractivity contribution in [2.24, 2.45) is 0 Å². The second-order valence-corrected chi connectivity index (χ2v) is 4.78. The van der Waals surface area contributed by atoms with E-state index in [0.717, 1.165) is 0 Å². The fraction of sp³-hybridized carbons (Fsp3) is 0.143. The summed E-state index contributed by atoms with van der Waals surface area (Å²) < 4.78 is 10.6. The lowest BCUT2D eigenvalue weighted by atomic mass is 10.1. The first-order chi connectivity index (χ1) is 10.6. The topological polar surface area (TPSA) is 78.4 Å². The van der Waals surface area contributed by atoms with Gasteiger partial charge in [-0.25, -0.2) is 0 Å². The molecule has 0 aliphatic rings. The lowest BCUT2D eigenvalue weighted by Gasteiger charge is -2.14. The Labute approximate surface area is 134 Å². The lowest BCUT2D eigenvalue weighted by Crippen LogP contribution is -2.22. The van der Waals surface area contributed by atoms with E-state index in [-0.39, 0.29) is 32.2 Å². The van der Waals surface area contributed by atoms with E-state index in [4.69, 9.17) is 32.7 Å². The molecule has 0 saturated carbocycles. The highest BCUT2D eigenvalue weighted by atomic mass is 35.5. The summed E-state index contributed by atoms with van der Waals surface area (Å²) in [6, 6.07) is 0. The van der Waals surface area contributed by atoms with Gasteiger partial charge in [0, 0.05) is 12.2 Å². The van der Waals surface area contributed by atoms with Gasteiger partial charge < -0.3 is 9.47 Å². The minimum absolute atomic E-state index is 0.110. The number of carbonyl (C=O) groups excluding carboxylic acids is 2. The molecule has 6 nitrogen and oxygen atoms in total. The van der Waals surface area contributed by atoms with Crippen molar-refractivity contribution in [3.63, 3.8) is 0 Å². The number of aromatic nitrogens is 2. The van der Waals surface area contributed by atoms with Crippen molar-refractivity contribution in [2.75, 3.05) is 14.2 Å². The van der Waals surface area contributed by atoms with E-state index in [2.05, 4.69) is 10.2 Å². The third-order valence-electron chi connectivity index (χ3n) is 2.93. The van der Waals surface area contributed by atoms with E-state index in [1.54, 1.807) is 0 Å². The molecular weight excluding hydrogens is 331 g/mol. The molecule has 1 aromatic carbocycles. The third-order valence-corrected chi connectivity index (χ3v) is 3.75. The van der Waals surface area contributed by atoms with E-state index in [0.29, 0.717) is 23.3 Å². The average Bonchev–Trinajstić information content (AvgIpc) is 2.52. The average molecular weight is 341 g/mol. The lowest BCUT2D eigenvalue weighted by molar-refractivity contribution is -0.103. The molecule has 0 saturated heterocycles. The molecule has 0 amide bonds. The quantitative estimate of drug-likeness (QED) is 0.770. The second kappa shape index (κ2) is 6.72. The Hall–Kier alpha value is -2.18. The summed E-state index contributed by atoms with van der Waals surface area (Å²) in [4.78, 5) is 21.6. The predicted octanol–water partition coefficient (Wildman–Crippen LogP) is 0.913. The van der Waals surface area contributed by atoms with Crippen molar-refractivity contribution in [3.8, 4) is 11.5 Å². The Morgan fingerprint density at radius 1 is 0.818 bits per heavy atom. The highest BCUT2D eigenvalue weighted by molar-refractivity contribution is 6.45. The summed E-state index contributed by atoms with van der Waals surface area (Å²) in [7, 11) is 2.80. The molecule has 22 heavy (non-hydrogen) atoms. The van der Waals surface area contributed by atoms with Crippen LogP contribution in [0.2, 0.25) is 10.0 Å². The SMILES string of the molecule is COc1c(Cl)c(Cl)c(OC)c2/c(=C\C=O)nn/c(=C\C=O)c12. The molecule has 0 N–H and O–H groups in total. The van der Waals surface area contributed by atoms with Crippen molar-refractivity contribution in [1.82, 2.24) is 10.2 Å². The van der Waals surface area contributed by atoms with Crippen molar-refractivity contribution >= 4 is 58.7 Å².